The summed E-state index contributed by atoms with van der Waals surface area (Å²) in [5.74, 6) is -0.00232. The quantitative estimate of drug-likeness (QED) is 0.620. The minimum atomic E-state index is -0.651. The lowest BCUT2D eigenvalue weighted by Gasteiger charge is -2.36. The van der Waals surface area contributed by atoms with Gasteiger partial charge in [-0.25, -0.2) is 4.79 Å². The highest BCUT2D eigenvalue weighted by Gasteiger charge is 2.34. The summed E-state index contributed by atoms with van der Waals surface area (Å²) in [5.41, 5.74) is -0.544. The number of halogens is 1. The Kier molecular flexibility index (Phi) is 5.86. The third-order valence-corrected chi connectivity index (χ3v) is 5.39. The van der Waals surface area contributed by atoms with E-state index in [1.165, 1.54) is 11.3 Å². The van der Waals surface area contributed by atoms with Crippen molar-refractivity contribution in [3.63, 3.8) is 0 Å². The number of ether oxygens (including phenoxy) is 1. The van der Waals surface area contributed by atoms with Crippen molar-refractivity contribution in [3.05, 3.63) is 21.9 Å². The minimum absolute atomic E-state index is 0.0435. The van der Waals surface area contributed by atoms with Crippen molar-refractivity contribution in [2.45, 2.75) is 44.8 Å². The number of carbonyl (C=O) groups is 2. The van der Waals surface area contributed by atoms with E-state index in [2.05, 4.69) is 15.9 Å². The Morgan fingerprint density at radius 3 is 2.70 bits per heavy atom. The lowest BCUT2D eigenvalue weighted by molar-refractivity contribution is -0.00119. The van der Waals surface area contributed by atoms with Gasteiger partial charge in [0, 0.05) is 17.3 Å². The summed E-state index contributed by atoms with van der Waals surface area (Å²) >= 11 is 4.59. The van der Waals surface area contributed by atoms with Gasteiger partial charge in [0.05, 0.1) is 22.9 Å². The normalized spacial score (nSPS) is 22.0. The van der Waals surface area contributed by atoms with Crippen LogP contribution in [0.4, 0.5) is 4.79 Å². The van der Waals surface area contributed by atoms with Gasteiger partial charge in [-0.3, -0.25) is 4.79 Å². The van der Waals surface area contributed by atoms with Crippen molar-refractivity contribution in [1.82, 2.24) is 4.90 Å². The van der Waals surface area contributed by atoms with E-state index in [-0.39, 0.29) is 18.2 Å². The van der Waals surface area contributed by atoms with Crippen LogP contribution in [0.25, 0.3) is 0 Å². The molecule has 2 heterocycles. The topological polar surface area (TPSA) is 66.8 Å². The number of aliphatic hydroxyl groups excluding tert-OH is 1. The van der Waals surface area contributed by atoms with Gasteiger partial charge in [0.25, 0.3) is 0 Å². The molecule has 0 radical (unpaired) electrons. The third-order valence-electron chi connectivity index (χ3n) is 3.62. The van der Waals surface area contributed by atoms with Crippen molar-refractivity contribution >= 4 is 39.1 Å². The number of likely N-dealkylation sites (tertiary alicyclic amines) is 1. The molecule has 1 fully saturated rings. The largest absolute Gasteiger partial charge is 0.444 e. The molecule has 1 aliphatic rings. The SMILES string of the molecule is CC(C)(C)OC(=O)N1CC[C@@H](c2ccc(C(=O)CBr)s2)[C@H](O)C1. The van der Waals surface area contributed by atoms with E-state index in [1.54, 1.807) is 11.0 Å². The fraction of sp³-hybridized carbons (Fsp3) is 0.625. The number of alkyl halides is 1. The van der Waals surface area contributed by atoms with Crippen molar-refractivity contribution in [1.29, 1.82) is 0 Å². The van der Waals surface area contributed by atoms with E-state index >= 15 is 0 Å². The Labute approximate surface area is 148 Å². The highest BCUT2D eigenvalue weighted by atomic mass is 79.9. The van der Waals surface area contributed by atoms with Gasteiger partial charge in [-0.1, -0.05) is 15.9 Å². The average molecular weight is 404 g/mol. The minimum Gasteiger partial charge on any atom is -0.444 e. The molecule has 1 aromatic rings. The molecule has 1 amide bonds. The smallest absolute Gasteiger partial charge is 0.410 e. The fourth-order valence-corrected chi connectivity index (χ4v) is 4.15. The highest BCUT2D eigenvalue weighted by molar-refractivity contribution is 9.09. The van der Waals surface area contributed by atoms with Crippen LogP contribution in [0.15, 0.2) is 12.1 Å². The standard InChI is InChI=1S/C16H22BrNO4S/c1-16(2,3)22-15(21)18-7-6-10(12(20)9-18)13-4-5-14(23-13)11(19)8-17/h4-5,10,12,20H,6-9H2,1-3H3/t10-,12-/m1/s1. The number of Topliss-reactive ketones (excluding diaryl/α,β-unsaturated/α-hetero) is 1. The first-order valence-corrected chi connectivity index (χ1v) is 9.50. The second kappa shape index (κ2) is 7.32. The van der Waals surface area contributed by atoms with Crippen molar-refractivity contribution in [2.24, 2.45) is 0 Å². The first-order chi connectivity index (χ1) is 10.7. The van der Waals surface area contributed by atoms with Crippen LogP contribution in [0.1, 0.15) is 47.7 Å². The summed E-state index contributed by atoms with van der Waals surface area (Å²) in [7, 11) is 0. The molecule has 7 heteroatoms. The molecule has 1 N–H and O–H groups in total. The second-order valence-corrected chi connectivity index (χ2v) is 8.32. The number of aliphatic hydroxyl groups is 1. The number of ketones is 1. The monoisotopic (exact) mass is 403 g/mol. The van der Waals surface area contributed by atoms with Crippen molar-refractivity contribution < 1.29 is 19.4 Å². The Balaban J connectivity index is 2.00. The number of thiophene rings is 1. The summed E-state index contributed by atoms with van der Waals surface area (Å²) in [5, 5.41) is 10.7. The fourth-order valence-electron chi connectivity index (χ4n) is 2.52. The van der Waals surface area contributed by atoms with Crippen LogP contribution < -0.4 is 0 Å². The van der Waals surface area contributed by atoms with Crippen LogP contribution in [0.5, 0.6) is 0 Å². The Morgan fingerprint density at radius 2 is 2.13 bits per heavy atom. The van der Waals surface area contributed by atoms with Crippen molar-refractivity contribution in [2.75, 3.05) is 18.4 Å². The number of piperidine rings is 1. The predicted molar refractivity (Wildman–Crippen MR) is 93.6 cm³/mol. The van der Waals surface area contributed by atoms with Gasteiger partial charge >= 0.3 is 6.09 Å². The molecule has 5 nitrogen and oxygen atoms in total. The Hall–Kier alpha value is -0.920. The van der Waals surface area contributed by atoms with Crippen LogP contribution in [0.3, 0.4) is 0 Å². The summed E-state index contributed by atoms with van der Waals surface area (Å²) in [6, 6.07) is 3.70. The van der Waals surface area contributed by atoms with Crippen LogP contribution in [0, 0.1) is 0 Å². The van der Waals surface area contributed by atoms with Gasteiger partial charge in [0.1, 0.15) is 5.60 Å². The van der Waals surface area contributed by atoms with Gasteiger partial charge in [-0.05, 0) is 39.3 Å². The van der Waals surface area contributed by atoms with Crippen LogP contribution in [0.2, 0.25) is 0 Å². The molecular weight excluding hydrogens is 382 g/mol. The molecule has 128 valence electrons. The van der Waals surface area contributed by atoms with E-state index in [9.17, 15) is 14.7 Å². The lowest BCUT2D eigenvalue weighted by atomic mass is 9.92. The van der Waals surface area contributed by atoms with Gasteiger partial charge in [-0.2, -0.15) is 0 Å². The zero-order valence-electron chi connectivity index (χ0n) is 13.5. The number of nitrogens with zero attached hydrogens (tertiary/aromatic N) is 1. The third kappa shape index (κ3) is 4.78. The molecule has 2 atom stereocenters. The molecule has 0 bridgehead atoms. The lowest BCUT2D eigenvalue weighted by Crippen LogP contribution is -2.47. The second-order valence-electron chi connectivity index (χ2n) is 6.65. The number of hydrogen-bond acceptors (Lipinski definition) is 5. The Morgan fingerprint density at radius 1 is 1.43 bits per heavy atom. The molecule has 1 aliphatic heterocycles. The first-order valence-electron chi connectivity index (χ1n) is 7.56. The maximum Gasteiger partial charge on any atom is 0.410 e. The van der Waals surface area contributed by atoms with E-state index in [1.807, 2.05) is 26.8 Å². The van der Waals surface area contributed by atoms with E-state index in [4.69, 9.17) is 4.74 Å². The van der Waals surface area contributed by atoms with Gasteiger partial charge in [0.2, 0.25) is 0 Å². The number of amides is 1. The van der Waals surface area contributed by atoms with Gasteiger partial charge in [-0.15, -0.1) is 11.3 Å². The van der Waals surface area contributed by atoms with E-state index in [0.29, 0.717) is 23.2 Å². The maximum atomic E-state index is 12.1. The van der Waals surface area contributed by atoms with E-state index in [0.717, 1.165) is 4.88 Å². The number of hydrogen-bond donors (Lipinski definition) is 1. The molecule has 0 aromatic carbocycles. The molecule has 0 unspecified atom stereocenters. The van der Waals surface area contributed by atoms with E-state index < -0.39 is 17.8 Å². The molecule has 0 saturated carbocycles. The highest BCUT2D eigenvalue weighted by Crippen LogP contribution is 2.34. The molecule has 2 rings (SSSR count). The molecule has 1 saturated heterocycles. The Bertz CT molecular complexity index is 581. The molecular formula is C16H22BrNO4S. The summed E-state index contributed by atoms with van der Waals surface area (Å²) in [6.45, 7) is 6.25. The van der Waals surface area contributed by atoms with Crippen LogP contribution in [-0.2, 0) is 4.74 Å². The molecule has 1 aromatic heterocycles. The zero-order chi connectivity index (χ0) is 17.2. The maximum absolute atomic E-state index is 12.1. The molecule has 0 spiro atoms. The van der Waals surface area contributed by atoms with Gasteiger partial charge in [0.15, 0.2) is 5.78 Å². The van der Waals surface area contributed by atoms with Crippen LogP contribution in [-0.4, -0.2) is 52.0 Å². The zero-order valence-corrected chi connectivity index (χ0v) is 15.9. The van der Waals surface area contributed by atoms with Crippen LogP contribution >= 0.6 is 27.3 Å². The summed E-state index contributed by atoms with van der Waals surface area (Å²) in [6.07, 6.45) is -0.388. The summed E-state index contributed by atoms with van der Waals surface area (Å²) < 4.78 is 5.35. The number of β-amino-alcohol motifs (C(OH)–C–C–N with tert-alkyl or cyclic N) is 1. The van der Waals surface area contributed by atoms with Crippen molar-refractivity contribution in [3.8, 4) is 0 Å². The molecule has 23 heavy (non-hydrogen) atoms. The average Bonchev–Trinajstić information content (AvgIpc) is 2.94. The number of rotatable bonds is 3. The number of carbonyl (C=O) groups excluding carboxylic acids is 2. The van der Waals surface area contributed by atoms with Gasteiger partial charge < -0.3 is 14.7 Å². The molecule has 0 aliphatic carbocycles. The predicted octanol–water partition coefficient (Wildman–Crippen LogP) is 3.41. The first kappa shape index (κ1) is 18.4. The summed E-state index contributed by atoms with van der Waals surface area (Å²) in [4.78, 5) is 27.0.